The quantitative estimate of drug-likeness (QED) is 0.923. The second-order valence-corrected chi connectivity index (χ2v) is 4.42. The molecule has 2 aromatic carbocycles. The number of carbonyl (C=O) groups is 1. The third-order valence-corrected chi connectivity index (χ3v) is 3.04. The van der Waals surface area contributed by atoms with Gasteiger partial charge in [-0.05, 0) is 43.3 Å². The SMILES string of the molecule is CCNc1ccccc1C(=O)N(C)c1ccc(F)cc1. The van der Waals surface area contributed by atoms with E-state index in [1.807, 2.05) is 25.1 Å². The molecule has 0 aliphatic carbocycles. The van der Waals surface area contributed by atoms with Crippen LogP contribution in [0, 0.1) is 5.82 Å². The molecule has 0 saturated carbocycles. The van der Waals surface area contributed by atoms with Crippen molar-refractivity contribution in [3.63, 3.8) is 0 Å². The van der Waals surface area contributed by atoms with Crippen LogP contribution in [-0.2, 0) is 0 Å². The second-order valence-electron chi connectivity index (χ2n) is 4.42. The van der Waals surface area contributed by atoms with Crippen LogP contribution in [0.15, 0.2) is 48.5 Å². The first-order valence-electron chi connectivity index (χ1n) is 6.50. The van der Waals surface area contributed by atoms with Gasteiger partial charge in [0.2, 0.25) is 0 Å². The first-order valence-corrected chi connectivity index (χ1v) is 6.50. The predicted octanol–water partition coefficient (Wildman–Crippen LogP) is 3.53. The molecule has 0 unspecified atom stereocenters. The molecule has 0 fully saturated rings. The molecule has 4 heteroatoms. The van der Waals surface area contributed by atoms with Gasteiger partial charge in [0, 0.05) is 25.0 Å². The molecule has 2 rings (SSSR count). The molecule has 0 aliphatic rings. The maximum absolute atomic E-state index is 12.9. The lowest BCUT2D eigenvalue weighted by Gasteiger charge is -2.19. The molecular formula is C16H17FN2O. The second kappa shape index (κ2) is 6.19. The Morgan fingerprint density at radius 3 is 2.45 bits per heavy atom. The van der Waals surface area contributed by atoms with Crippen molar-refractivity contribution in [1.29, 1.82) is 0 Å². The Kier molecular flexibility index (Phi) is 4.35. The zero-order valence-corrected chi connectivity index (χ0v) is 11.6. The summed E-state index contributed by atoms with van der Waals surface area (Å²) >= 11 is 0. The highest BCUT2D eigenvalue weighted by Crippen LogP contribution is 2.20. The van der Waals surface area contributed by atoms with E-state index >= 15 is 0 Å². The first kappa shape index (κ1) is 14.1. The fraction of sp³-hybridized carbons (Fsp3) is 0.188. The summed E-state index contributed by atoms with van der Waals surface area (Å²) in [6, 6.07) is 13.2. The number of rotatable bonds is 4. The Morgan fingerprint density at radius 2 is 1.80 bits per heavy atom. The number of benzene rings is 2. The largest absolute Gasteiger partial charge is 0.385 e. The van der Waals surface area contributed by atoms with E-state index in [0.29, 0.717) is 11.3 Å². The van der Waals surface area contributed by atoms with Crippen LogP contribution < -0.4 is 10.2 Å². The summed E-state index contributed by atoms with van der Waals surface area (Å²) in [6.45, 7) is 2.72. The Labute approximate surface area is 118 Å². The first-order chi connectivity index (χ1) is 9.63. The zero-order valence-electron chi connectivity index (χ0n) is 11.6. The van der Waals surface area contributed by atoms with E-state index in [2.05, 4.69) is 5.32 Å². The summed E-state index contributed by atoms with van der Waals surface area (Å²) in [5.74, 6) is -0.448. The lowest BCUT2D eigenvalue weighted by molar-refractivity contribution is 0.0993. The molecular weight excluding hydrogens is 255 g/mol. The van der Waals surface area contributed by atoms with Crippen molar-refractivity contribution in [3.8, 4) is 0 Å². The van der Waals surface area contributed by atoms with Gasteiger partial charge in [0.05, 0.1) is 5.56 Å². The number of carbonyl (C=O) groups excluding carboxylic acids is 1. The van der Waals surface area contributed by atoms with Gasteiger partial charge in [0.15, 0.2) is 0 Å². The van der Waals surface area contributed by atoms with Gasteiger partial charge in [-0.15, -0.1) is 0 Å². The third-order valence-electron chi connectivity index (χ3n) is 3.04. The van der Waals surface area contributed by atoms with Gasteiger partial charge in [-0.25, -0.2) is 4.39 Å². The standard InChI is InChI=1S/C16H17FN2O/c1-3-18-15-7-5-4-6-14(15)16(20)19(2)13-10-8-12(17)9-11-13/h4-11,18H,3H2,1-2H3. The molecule has 2 aromatic rings. The minimum atomic E-state index is -0.317. The van der Waals surface area contributed by atoms with Gasteiger partial charge >= 0.3 is 0 Å². The molecule has 0 spiro atoms. The van der Waals surface area contributed by atoms with Crippen molar-refractivity contribution in [2.75, 3.05) is 23.8 Å². The van der Waals surface area contributed by atoms with Gasteiger partial charge < -0.3 is 10.2 Å². The minimum absolute atomic E-state index is 0.131. The molecule has 0 bridgehead atoms. The summed E-state index contributed by atoms with van der Waals surface area (Å²) in [5, 5.41) is 3.16. The van der Waals surface area contributed by atoms with E-state index < -0.39 is 0 Å². The van der Waals surface area contributed by atoms with Crippen LogP contribution in [0.5, 0.6) is 0 Å². The van der Waals surface area contributed by atoms with Crippen LogP contribution in [-0.4, -0.2) is 19.5 Å². The van der Waals surface area contributed by atoms with E-state index in [1.54, 1.807) is 25.2 Å². The molecule has 0 heterocycles. The predicted molar refractivity (Wildman–Crippen MR) is 79.7 cm³/mol. The lowest BCUT2D eigenvalue weighted by atomic mass is 10.1. The molecule has 0 aliphatic heterocycles. The molecule has 0 aromatic heterocycles. The molecule has 20 heavy (non-hydrogen) atoms. The molecule has 1 amide bonds. The van der Waals surface area contributed by atoms with Crippen molar-refractivity contribution in [3.05, 3.63) is 59.9 Å². The van der Waals surface area contributed by atoms with E-state index in [0.717, 1.165) is 12.2 Å². The van der Waals surface area contributed by atoms with E-state index in [1.165, 1.54) is 17.0 Å². The van der Waals surface area contributed by atoms with Crippen LogP contribution in [0.3, 0.4) is 0 Å². The highest BCUT2D eigenvalue weighted by molar-refractivity contribution is 6.09. The smallest absolute Gasteiger partial charge is 0.260 e. The highest BCUT2D eigenvalue weighted by atomic mass is 19.1. The normalized spacial score (nSPS) is 10.2. The molecule has 104 valence electrons. The Morgan fingerprint density at radius 1 is 1.15 bits per heavy atom. The number of hydrogen-bond donors (Lipinski definition) is 1. The molecule has 3 nitrogen and oxygen atoms in total. The number of nitrogens with zero attached hydrogens (tertiary/aromatic N) is 1. The van der Waals surface area contributed by atoms with Crippen molar-refractivity contribution in [2.24, 2.45) is 0 Å². The van der Waals surface area contributed by atoms with E-state index in [-0.39, 0.29) is 11.7 Å². The number of anilines is 2. The van der Waals surface area contributed by atoms with E-state index in [4.69, 9.17) is 0 Å². The Hall–Kier alpha value is -2.36. The number of halogens is 1. The van der Waals surface area contributed by atoms with Crippen LogP contribution in [0.25, 0.3) is 0 Å². The molecule has 1 N–H and O–H groups in total. The minimum Gasteiger partial charge on any atom is -0.385 e. The maximum Gasteiger partial charge on any atom is 0.260 e. The van der Waals surface area contributed by atoms with Gasteiger partial charge in [-0.3, -0.25) is 4.79 Å². The lowest BCUT2D eigenvalue weighted by Crippen LogP contribution is -2.27. The summed E-state index contributed by atoms with van der Waals surface area (Å²) in [6.07, 6.45) is 0. The average Bonchev–Trinajstić information content (AvgIpc) is 2.47. The molecule has 0 saturated heterocycles. The number of hydrogen-bond acceptors (Lipinski definition) is 2. The van der Waals surface area contributed by atoms with Crippen LogP contribution >= 0.6 is 0 Å². The van der Waals surface area contributed by atoms with Crippen molar-refractivity contribution in [1.82, 2.24) is 0 Å². The van der Waals surface area contributed by atoms with Crippen molar-refractivity contribution in [2.45, 2.75) is 6.92 Å². The highest BCUT2D eigenvalue weighted by Gasteiger charge is 2.16. The number of para-hydroxylation sites is 1. The van der Waals surface area contributed by atoms with E-state index in [9.17, 15) is 9.18 Å². The summed E-state index contributed by atoms with van der Waals surface area (Å²) in [7, 11) is 1.68. The topological polar surface area (TPSA) is 32.3 Å². The Bertz CT molecular complexity index is 596. The number of nitrogens with one attached hydrogen (secondary N) is 1. The van der Waals surface area contributed by atoms with Crippen LogP contribution in [0.2, 0.25) is 0 Å². The fourth-order valence-electron chi connectivity index (χ4n) is 1.98. The monoisotopic (exact) mass is 272 g/mol. The fourth-order valence-corrected chi connectivity index (χ4v) is 1.98. The van der Waals surface area contributed by atoms with Crippen molar-refractivity contribution >= 4 is 17.3 Å². The molecule has 0 atom stereocenters. The average molecular weight is 272 g/mol. The summed E-state index contributed by atoms with van der Waals surface area (Å²) < 4.78 is 12.9. The maximum atomic E-state index is 12.9. The van der Waals surface area contributed by atoms with Crippen LogP contribution in [0.1, 0.15) is 17.3 Å². The molecule has 0 radical (unpaired) electrons. The third kappa shape index (κ3) is 2.96. The summed E-state index contributed by atoms with van der Waals surface area (Å²) in [4.78, 5) is 14.0. The van der Waals surface area contributed by atoms with Gasteiger partial charge in [-0.2, -0.15) is 0 Å². The van der Waals surface area contributed by atoms with Crippen molar-refractivity contribution < 1.29 is 9.18 Å². The number of amides is 1. The van der Waals surface area contributed by atoms with Gasteiger partial charge in [-0.1, -0.05) is 12.1 Å². The van der Waals surface area contributed by atoms with Gasteiger partial charge in [0.1, 0.15) is 5.82 Å². The van der Waals surface area contributed by atoms with Gasteiger partial charge in [0.25, 0.3) is 5.91 Å². The summed E-state index contributed by atoms with van der Waals surface area (Å²) in [5.41, 5.74) is 2.05. The van der Waals surface area contributed by atoms with Crippen LogP contribution in [0.4, 0.5) is 15.8 Å². The Balaban J connectivity index is 2.29. The zero-order chi connectivity index (χ0) is 14.5.